The lowest BCUT2D eigenvalue weighted by atomic mass is 10.3. The highest BCUT2D eigenvalue weighted by Crippen LogP contribution is 2.29. The van der Waals surface area contributed by atoms with Gasteiger partial charge in [-0.1, -0.05) is 15.9 Å². The largest absolute Gasteiger partial charge is 0.493 e. The third-order valence-electron chi connectivity index (χ3n) is 2.38. The first kappa shape index (κ1) is 14.8. The molecule has 2 N–H and O–H groups in total. The molecular formula is C14H13Br2NOS. The van der Waals surface area contributed by atoms with Crippen molar-refractivity contribution in [1.29, 1.82) is 0 Å². The highest BCUT2D eigenvalue weighted by Gasteiger charge is 2.01. The van der Waals surface area contributed by atoms with Crippen LogP contribution in [0, 0.1) is 0 Å². The molecule has 100 valence electrons. The van der Waals surface area contributed by atoms with Crippen molar-refractivity contribution in [3.05, 3.63) is 51.4 Å². The number of nitrogen functional groups attached to an aromatic ring is 1. The van der Waals surface area contributed by atoms with E-state index in [2.05, 4.69) is 31.9 Å². The molecule has 5 heteroatoms. The Kier molecular flexibility index (Phi) is 5.60. The average molecular weight is 403 g/mol. The number of anilines is 1. The number of rotatable bonds is 5. The smallest absolute Gasteiger partial charge is 0.119 e. The molecule has 0 aliphatic heterocycles. The van der Waals surface area contributed by atoms with Gasteiger partial charge in [-0.3, -0.25) is 0 Å². The minimum Gasteiger partial charge on any atom is -0.493 e. The number of nitrogens with two attached hydrogens (primary N) is 1. The number of ether oxygens (including phenoxy) is 1. The van der Waals surface area contributed by atoms with Gasteiger partial charge in [-0.05, 0) is 58.4 Å². The van der Waals surface area contributed by atoms with E-state index in [9.17, 15) is 0 Å². The number of hydrogen-bond donors (Lipinski definition) is 1. The Morgan fingerprint density at radius 1 is 1.05 bits per heavy atom. The zero-order valence-electron chi connectivity index (χ0n) is 10.1. The van der Waals surface area contributed by atoms with E-state index in [0.29, 0.717) is 6.61 Å². The maximum atomic E-state index is 5.70. The highest BCUT2D eigenvalue weighted by atomic mass is 79.9. The van der Waals surface area contributed by atoms with E-state index in [0.717, 1.165) is 26.1 Å². The summed E-state index contributed by atoms with van der Waals surface area (Å²) >= 11 is 8.64. The van der Waals surface area contributed by atoms with Crippen molar-refractivity contribution in [2.24, 2.45) is 0 Å². The highest BCUT2D eigenvalue weighted by molar-refractivity contribution is 9.10. The van der Waals surface area contributed by atoms with Crippen molar-refractivity contribution in [3.63, 3.8) is 0 Å². The summed E-state index contributed by atoms with van der Waals surface area (Å²) in [5, 5.41) is 0. The summed E-state index contributed by atoms with van der Waals surface area (Å²) in [6.45, 7) is 0.670. The standard InChI is InChI=1S/C14H13Br2NOS/c15-10-1-4-12(5-2-10)18-7-8-19-14-6-3-11(17)9-13(14)16/h1-6,9H,7-8,17H2. The third-order valence-corrected chi connectivity index (χ3v) is 4.86. The van der Waals surface area contributed by atoms with E-state index < -0.39 is 0 Å². The lowest BCUT2D eigenvalue weighted by molar-refractivity contribution is 0.344. The van der Waals surface area contributed by atoms with Gasteiger partial charge in [0.05, 0.1) is 6.61 Å². The van der Waals surface area contributed by atoms with Gasteiger partial charge in [0.1, 0.15) is 5.75 Å². The summed E-state index contributed by atoms with van der Waals surface area (Å²) in [6, 6.07) is 13.7. The number of halogens is 2. The van der Waals surface area contributed by atoms with Gasteiger partial charge < -0.3 is 10.5 Å². The van der Waals surface area contributed by atoms with E-state index in [-0.39, 0.29) is 0 Å². The fraction of sp³-hybridized carbons (Fsp3) is 0.143. The molecule has 0 amide bonds. The quantitative estimate of drug-likeness (QED) is 0.435. The number of thioether (sulfide) groups is 1. The summed E-state index contributed by atoms with van der Waals surface area (Å²) in [5.41, 5.74) is 6.47. The fourth-order valence-electron chi connectivity index (χ4n) is 1.48. The Bertz CT molecular complexity index is 546. The molecule has 0 aromatic heterocycles. The Balaban J connectivity index is 1.79. The van der Waals surface area contributed by atoms with E-state index in [1.54, 1.807) is 11.8 Å². The summed E-state index contributed by atoms with van der Waals surface area (Å²) < 4.78 is 7.75. The number of hydrogen-bond acceptors (Lipinski definition) is 3. The lowest BCUT2D eigenvalue weighted by Crippen LogP contribution is -2.00. The normalized spacial score (nSPS) is 10.4. The van der Waals surface area contributed by atoms with Gasteiger partial charge in [0.15, 0.2) is 0 Å². The monoisotopic (exact) mass is 401 g/mol. The van der Waals surface area contributed by atoms with Crippen LogP contribution in [0.4, 0.5) is 5.69 Å². The molecule has 0 fully saturated rings. The van der Waals surface area contributed by atoms with Crippen molar-refractivity contribution in [3.8, 4) is 5.75 Å². The summed E-state index contributed by atoms with van der Waals surface area (Å²) in [4.78, 5) is 1.17. The molecule has 0 aliphatic rings. The Hall–Kier alpha value is -0.650. The summed E-state index contributed by atoms with van der Waals surface area (Å²) in [5.74, 6) is 1.78. The Morgan fingerprint density at radius 3 is 2.47 bits per heavy atom. The van der Waals surface area contributed by atoms with Crippen LogP contribution in [0.2, 0.25) is 0 Å². The van der Waals surface area contributed by atoms with Crippen LogP contribution in [0.15, 0.2) is 56.3 Å². The molecule has 0 radical (unpaired) electrons. The molecule has 0 aliphatic carbocycles. The fourth-order valence-corrected chi connectivity index (χ4v) is 3.23. The maximum absolute atomic E-state index is 5.70. The van der Waals surface area contributed by atoms with Crippen molar-refractivity contribution >= 4 is 49.3 Å². The van der Waals surface area contributed by atoms with Crippen molar-refractivity contribution in [2.75, 3.05) is 18.1 Å². The van der Waals surface area contributed by atoms with E-state index >= 15 is 0 Å². The average Bonchev–Trinajstić information content (AvgIpc) is 2.39. The first-order valence-corrected chi connectivity index (χ1v) is 8.28. The molecule has 0 saturated heterocycles. The molecule has 2 aromatic rings. The predicted octanol–water partition coefficient (Wildman–Crippen LogP) is 4.96. The van der Waals surface area contributed by atoms with Gasteiger partial charge in [0.2, 0.25) is 0 Å². The first-order chi connectivity index (χ1) is 9.15. The van der Waals surface area contributed by atoms with Crippen LogP contribution in [-0.2, 0) is 0 Å². The van der Waals surface area contributed by atoms with Crippen LogP contribution in [0.3, 0.4) is 0 Å². The molecule has 0 atom stereocenters. The second-order valence-corrected chi connectivity index (χ2v) is 6.75. The summed E-state index contributed by atoms with van der Waals surface area (Å²) in [7, 11) is 0. The van der Waals surface area contributed by atoms with E-state index in [4.69, 9.17) is 10.5 Å². The molecular weight excluding hydrogens is 390 g/mol. The zero-order valence-corrected chi connectivity index (χ0v) is 14.1. The summed E-state index contributed by atoms with van der Waals surface area (Å²) in [6.07, 6.45) is 0. The third kappa shape index (κ3) is 4.75. The van der Waals surface area contributed by atoms with Crippen LogP contribution in [-0.4, -0.2) is 12.4 Å². The molecule has 0 spiro atoms. The molecule has 0 bridgehead atoms. The Morgan fingerprint density at radius 2 is 1.79 bits per heavy atom. The second-order valence-electron chi connectivity index (χ2n) is 3.84. The second kappa shape index (κ2) is 7.22. The molecule has 2 rings (SSSR count). The molecule has 0 saturated carbocycles. The van der Waals surface area contributed by atoms with Crippen LogP contribution in [0.1, 0.15) is 0 Å². The van der Waals surface area contributed by atoms with Gasteiger partial charge in [-0.25, -0.2) is 0 Å². The van der Waals surface area contributed by atoms with Gasteiger partial charge in [0, 0.05) is 25.3 Å². The van der Waals surface area contributed by atoms with Crippen LogP contribution in [0.5, 0.6) is 5.75 Å². The molecule has 0 heterocycles. The SMILES string of the molecule is Nc1ccc(SCCOc2ccc(Br)cc2)c(Br)c1. The van der Waals surface area contributed by atoms with Crippen LogP contribution in [0.25, 0.3) is 0 Å². The van der Waals surface area contributed by atoms with E-state index in [1.165, 1.54) is 4.90 Å². The van der Waals surface area contributed by atoms with Crippen LogP contribution < -0.4 is 10.5 Å². The van der Waals surface area contributed by atoms with E-state index in [1.807, 2.05) is 42.5 Å². The molecule has 2 nitrogen and oxygen atoms in total. The minimum atomic E-state index is 0.670. The van der Waals surface area contributed by atoms with Gasteiger partial charge >= 0.3 is 0 Å². The molecule has 2 aromatic carbocycles. The molecule has 0 unspecified atom stereocenters. The first-order valence-electron chi connectivity index (χ1n) is 5.71. The number of benzene rings is 2. The topological polar surface area (TPSA) is 35.2 Å². The minimum absolute atomic E-state index is 0.670. The van der Waals surface area contributed by atoms with Crippen molar-refractivity contribution in [2.45, 2.75) is 4.90 Å². The van der Waals surface area contributed by atoms with Gasteiger partial charge in [-0.2, -0.15) is 0 Å². The van der Waals surface area contributed by atoms with Crippen molar-refractivity contribution in [1.82, 2.24) is 0 Å². The van der Waals surface area contributed by atoms with Gasteiger partial charge in [-0.15, -0.1) is 11.8 Å². The van der Waals surface area contributed by atoms with Crippen LogP contribution >= 0.6 is 43.6 Å². The maximum Gasteiger partial charge on any atom is 0.119 e. The zero-order chi connectivity index (χ0) is 13.7. The van der Waals surface area contributed by atoms with Crippen molar-refractivity contribution < 1.29 is 4.74 Å². The Labute approximate surface area is 134 Å². The lowest BCUT2D eigenvalue weighted by Gasteiger charge is -2.07. The predicted molar refractivity (Wildman–Crippen MR) is 88.9 cm³/mol. The molecule has 19 heavy (non-hydrogen) atoms. The van der Waals surface area contributed by atoms with Gasteiger partial charge in [0.25, 0.3) is 0 Å².